The van der Waals surface area contributed by atoms with Crippen LogP contribution in [0.4, 0.5) is 5.82 Å². The molecule has 0 aliphatic heterocycles. The summed E-state index contributed by atoms with van der Waals surface area (Å²) < 4.78 is 10.2. The van der Waals surface area contributed by atoms with Gasteiger partial charge in [-0.2, -0.15) is 0 Å². The van der Waals surface area contributed by atoms with E-state index >= 15 is 0 Å². The molecule has 21 heavy (non-hydrogen) atoms. The first-order valence-corrected chi connectivity index (χ1v) is 6.37. The molecule has 2 heterocycles. The highest BCUT2D eigenvalue weighted by Crippen LogP contribution is 2.18. The van der Waals surface area contributed by atoms with Gasteiger partial charge in [0.05, 0.1) is 11.8 Å². The van der Waals surface area contributed by atoms with Crippen molar-refractivity contribution < 1.29 is 13.9 Å². The van der Waals surface area contributed by atoms with Crippen molar-refractivity contribution >= 4 is 22.7 Å². The maximum absolute atomic E-state index is 11.8. The lowest BCUT2D eigenvalue weighted by Crippen LogP contribution is -2.09. The van der Waals surface area contributed by atoms with Crippen molar-refractivity contribution in [2.75, 3.05) is 5.73 Å². The summed E-state index contributed by atoms with van der Waals surface area (Å²) in [5, 5.41) is 0.773. The lowest BCUT2D eigenvalue weighted by molar-refractivity contribution is 0.0425. The van der Waals surface area contributed by atoms with E-state index in [2.05, 4.69) is 9.97 Å². The number of anilines is 1. The Morgan fingerprint density at radius 2 is 2.10 bits per heavy atom. The van der Waals surface area contributed by atoms with Gasteiger partial charge in [0.25, 0.3) is 0 Å². The van der Waals surface area contributed by atoms with Crippen molar-refractivity contribution in [3.8, 4) is 0 Å². The number of nitrogens with two attached hydrogens (primary N) is 1. The molecule has 0 aliphatic carbocycles. The Kier molecular flexibility index (Phi) is 3.27. The average molecular weight is 283 g/mol. The van der Waals surface area contributed by atoms with Crippen LogP contribution in [0.3, 0.4) is 0 Å². The molecule has 0 spiro atoms. The van der Waals surface area contributed by atoms with Gasteiger partial charge in [-0.3, -0.25) is 0 Å². The van der Waals surface area contributed by atoms with Gasteiger partial charge in [0, 0.05) is 10.9 Å². The first kappa shape index (κ1) is 13.1. The molecule has 0 bridgehead atoms. The first-order chi connectivity index (χ1) is 10.1. The Morgan fingerprint density at radius 3 is 2.86 bits per heavy atom. The number of para-hydroxylation sites is 1. The van der Waals surface area contributed by atoms with E-state index in [1.807, 2.05) is 24.3 Å². The second-order valence-electron chi connectivity index (χ2n) is 4.55. The van der Waals surface area contributed by atoms with E-state index < -0.39 is 5.97 Å². The minimum atomic E-state index is -0.548. The minimum absolute atomic E-state index is 0.0615. The number of benzene rings is 1. The van der Waals surface area contributed by atoms with Gasteiger partial charge in [-0.25, -0.2) is 14.8 Å². The highest BCUT2D eigenvalue weighted by Gasteiger charge is 2.15. The van der Waals surface area contributed by atoms with Crippen LogP contribution < -0.4 is 5.73 Å². The standard InChI is InChI=1S/C15H13N3O3/c1-9-6-7-20-13(9)15(19)21-8-12-17-11-5-3-2-4-10(11)14(16)18-12/h2-7H,8H2,1H3,(H2,16,17,18). The third kappa shape index (κ3) is 2.55. The topological polar surface area (TPSA) is 91.2 Å². The van der Waals surface area contributed by atoms with E-state index in [9.17, 15) is 4.79 Å². The van der Waals surface area contributed by atoms with Crippen LogP contribution in [0, 0.1) is 6.92 Å². The molecule has 106 valence electrons. The van der Waals surface area contributed by atoms with E-state index in [0.717, 1.165) is 10.9 Å². The third-order valence-corrected chi connectivity index (χ3v) is 3.06. The second-order valence-corrected chi connectivity index (χ2v) is 4.55. The van der Waals surface area contributed by atoms with E-state index in [0.29, 0.717) is 17.2 Å². The average Bonchev–Trinajstić information content (AvgIpc) is 2.91. The number of nitrogens with zero attached hydrogens (tertiary/aromatic N) is 2. The number of hydrogen-bond acceptors (Lipinski definition) is 6. The Balaban J connectivity index is 1.79. The van der Waals surface area contributed by atoms with Crippen molar-refractivity contribution in [1.82, 2.24) is 9.97 Å². The Hall–Kier alpha value is -2.89. The molecule has 3 aromatic rings. The van der Waals surface area contributed by atoms with Crippen LogP contribution in [0.2, 0.25) is 0 Å². The Bertz CT molecular complexity index is 811. The van der Waals surface area contributed by atoms with Gasteiger partial charge in [0.1, 0.15) is 5.82 Å². The summed E-state index contributed by atoms with van der Waals surface area (Å²) in [6.45, 7) is 1.71. The zero-order valence-electron chi connectivity index (χ0n) is 11.4. The van der Waals surface area contributed by atoms with Crippen molar-refractivity contribution in [1.29, 1.82) is 0 Å². The summed E-state index contributed by atoms with van der Waals surface area (Å²) in [6, 6.07) is 9.08. The smallest absolute Gasteiger partial charge is 0.374 e. The van der Waals surface area contributed by atoms with Gasteiger partial charge in [0.15, 0.2) is 12.4 Å². The van der Waals surface area contributed by atoms with Crippen molar-refractivity contribution in [3.63, 3.8) is 0 Å². The third-order valence-electron chi connectivity index (χ3n) is 3.06. The molecule has 2 aromatic heterocycles. The lowest BCUT2D eigenvalue weighted by Gasteiger charge is -2.06. The first-order valence-electron chi connectivity index (χ1n) is 6.37. The second kappa shape index (κ2) is 5.24. The van der Waals surface area contributed by atoms with Gasteiger partial charge in [-0.05, 0) is 25.1 Å². The number of esters is 1. The number of aryl methyl sites for hydroxylation is 1. The quantitative estimate of drug-likeness (QED) is 0.742. The van der Waals surface area contributed by atoms with Gasteiger partial charge < -0.3 is 14.9 Å². The maximum Gasteiger partial charge on any atom is 0.374 e. The zero-order chi connectivity index (χ0) is 14.8. The number of carbonyl (C=O) groups is 1. The summed E-state index contributed by atoms with van der Waals surface area (Å²) >= 11 is 0. The molecule has 0 atom stereocenters. The van der Waals surface area contributed by atoms with E-state index in [4.69, 9.17) is 14.9 Å². The molecule has 0 fully saturated rings. The van der Waals surface area contributed by atoms with E-state index in [1.54, 1.807) is 13.0 Å². The Morgan fingerprint density at radius 1 is 1.29 bits per heavy atom. The van der Waals surface area contributed by atoms with Gasteiger partial charge in [-0.1, -0.05) is 12.1 Å². The van der Waals surface area contributed by atoms with Gasteiger partial charge in [-0.15, -0.1) is 0 Å². The number of nitrogen functional groups attached to an aromatic ring is 1. The predicted molar refractivity (Wildman–Crippen MR) is 76.5 cm³/mol. The largest absolute Gasteiger partial charge is 0.457 e. The number of rotatable bonds is 3. The van der Waals surface area contributed by atoms with Crippen LogP contribution in [0.1, 0.15) is 21.9 Å². The molecule has 0 amide bonds. The van der Waals surface area contributed by atoms with Crippen molar-refractivity contribution in [2.24, 2.45) is 0 Å². The summed E-state index contributed by atoms with van der Waals surface area (Å²) in [4.78, 5) is 20.3. The van der Waals surface area contributed by atoms with Crippen molar-refractivity contribution in [2.45, 2.75) is 13.5 Å². The summed E-state index contributed by atoms with van der Waals surface area (Å²) in [7, 11) is 0. The summed E-state index contributed by atoms with van der Waals surface area (Å²) in [5.41, 5.74) is 7.31. The number of ether oxygens (including phenoxy) is 1. The van der Waals surface area contributed by atoms with Crippen LogP contribution in [0.5, 0.6) is 0 Å². The van der Waals surface area contributed by atoms with Crippen LogP contribution in [-0.2, 0) is 11.3 Å². The molecule has 6 nitrogen and oxygen atoms in total. The normalized spacial score (nSPS) is 10.7. The fourth-order valence-electron chi connectivity index (χ4n) is 1.99. The number of hydrogen-bond donors (Lipinski definition) is 1. The molecular formula is C15H13N3O3. The molecule has 1 aromatic carbocycles. The molecule has 0 saturated heterocycles. The van der Waals surface area contributed by atoms with Gasteiger partial charge in [0.2, 0.25) is 5.76 Å². The van der Waals surface area contributed by atoms with Crippen LogP contribution in [0.15, 0.2) is 41.0 Å². The van der Waals surface area contributed by atoms with Crippen LogP contribution >= 0.6 is 0 Å². The number of aromatic nitrogens is 2. The van der Waals surface area contributed by atoms with Crippen molar-refractivity contribution in [3.05, 3.63) is 53.7 Å². The zero-order valence-corrected chi connectivity index (χ0v) is 11.4. The molecule has 3 rings (SSSR count). The molecule has 0 aliphatic rings. The SMILES string of the molecule is Cc1ccoc1C(=O)OCc1nc(N)c2ccccc2n1. The Labute approximate surface area is 120 Å². The van der Waals surface area contributed by atoms with E-state index in [1.165, 1.54) is 6.26 Å². The maximum atomic E-state index is 11.8. The van der Waals surface area contributed by atoms with Crippen LogP contribution in [0.25, 0.3) is 10.9 Å². The number of furan rings is 1. The number of carbonyl (C=O) groups excluding carboxylic acids is 1. The van der Waals surface area contributed by atoms with E-state index in [-0.39, 0.29) is 12.4 Å². The predicted octanol–water partition coefficient (Wildman–Crippen LogP) is 2.47. The molecule has 0 radical (unpaired) electrons. The monoisotopic (exact) mass is 283 g/mol. The minimum Gasteiger partial charge on any atom is -0.457 e. The fourth-order valence-corrected chi connectivity index (χ4v) is 1.99. The molecular weight excluding hydrogens is 270 g/mol. The lowest BCUT2D eigenvalue weighted by atomic mass is 10.2. The summed E-state index contributed by atoms with van der Waals surface area (Å²) in [5.74, 6) is 0.348. The van der Waals surface area contributed by atoms with Gasteiger partial charge >= 0.3 is 5.97 Å². The molecule has 0 saturated carbocycles. The molecule has 0 unspecified atom stereocenters. The fraction of sp³-hybridized carbons (Fsp3) is 0.133. The molecule has 2 N–H and O–H groups in total. The molecule has 6 heteroatoms. The highest BCUT2D eigenvalue weighted by atomic mass is 16.5. The highest BCUT2D eigenvalue weighted by molar-refractivity contribution is 5.88. The summed E-state index contributed by atoms with van der Waals surface area (Å²) in [6.07, 6.45) is 1.44. The number of fused-ring (bicyclic) bond motifs is 1. The van der Waals surface area contributed by atoms with Crippen LogP contribution in [-0.4, -0.2) is 15.9 Å².